The molecule has 0 fully saturated rings. The summed E-state index contributed by atoms with van der Waals surface area (Å²) < 4.78 is 8.04. The first kappa shape index (κ1) is 18.1. The normalized spacial score (nSPS) is 14.0. The van der Waals surface area contributed by atoms with Crippen LogP contribution in [0.15, 0.2) is 53.7 Å². The number of ether oxygens (including phenoxy) is 1. The van der Waals surface area contributed by atoms with E-state index < -0.39 is 0 Å². The van der Waals surface area contributed by atoms with Gasteiger partial charge in [-0.3, -0.25) is 9.56 Å². The van der Waals surface area contributed by atoms with Crippen molar-refractivity contribution in [2.45, 2.75) is 26.6 Å². The van der Waals surface area contributed by atoms with Gasteiger partial charge in [0.15, 0.2) is 5.82 Å². The van der Waals surface area contributed by atoms with Crippen LogP contribution >= 0.6 is 0 Å². The molecule has 0 unspecified atom stereocenters. The number of nitrogens with two attached hydrogens (primary N) is 1. The number of aliphatic imine (C=N–C) groups is 1. The predicted octanol–water partition coefficient (Wildman–Crippen LogP) is 3.20. The molecule has 6 nitrogen and oxygen atoms in total. The highest BCUT2D eigenvalue weighted by Gasteiger charge is 2.23. The number of aryl methyl sites for hydroxylation is 1. The maximum absolute atomic E-state index is 5.96. The van der Waals surface area contributed by atoms with Crippen molar-refractivity contribution in [2.24, 2.45) is 10.7 Å². The van der Waals surface area contributed by atoms with Crippen molar-refractivity contribution in [1.82, 2.24) is 14.8 Å². The smallest absolute Gasteiger partial charge is 0.163 e. The molecule has 0 saturated carbocycles. The summed E-state index contributed by atoms with van der Waals surface area (Å²) in [6.07, 6.45) is 4.17. The molecule has 0 bridgehead atoms. The fourth-order valence-electron chi connectivity index (χ4n) is 3.72. The monoisotopic (exact) mass is 373 g/mol. The van der Waals surface area contributed by atoms with Crippen LogP contribution in [0.3, 0.4) is 0 Å². The lowest BCUT2D eigenvalue weighted by Crippen LogP contribution is -2.09. The zero-order valence-corrected chi connectivity index (χ0v) is 16.1. The topological polar surface area (TPSA) is 78.3 Å². The Balaban J connectivity index is 1.95. The van der Waals surface area contributed by atoms with Gasteiger partial charge in [0.05, 0.1) is 12.3 Å². The quantitative estimate of drug-likeness (QED) is 0.713. The van der Waals surface area contributed by atoms with Crippen LogP contribution in [0.5, 0.6) is 0 Å². The Morgan fingerprint density at radius 2 is 2.00 bits per heavy atom. The van der Waals surface area contributed by atoms with Gasteiger partial charge in [-0.25, -0.2) is 0 Å². The maximum atomic E-state index is 5.96. The summed E-state index contributed by atoms with van der Waals surface area (Å²) in [5.74, 6) is 1.67. The Kier molecular flexibility index (Phi) is 5.04. The summed E-state index contributed by atoms with van der Waals surface area (Å²) in [5.41, 5.74) is 12.5. The van der Waals surface area contributed by atoms with Crippen LogP contribution in [0.2, 0.25) is 0 Å². The fraction of sp³-hybridized carbons (Fsp3) is 0.227. The van der Waals surface area contributed by atoms with E-state index in [2.05, 4.69) is 56.2 Å². The molecular formula is C22H23N5O. The third-order valence-corrected chi connectivity index (χ3v) is 5.00. The van der Waals surface area contributed by atoms with Crippen LogP contribution in [0.25, 0.3) is 11.3 Å². The van der Waals surface area contributed by atoms with Crippen molar-refractivity contribution in [2.75, 3.05) is 7.05 Å². The predicted molar refractivity (Wildman–Crippen MR) is 110 cm³/mol. The molecule has 1 aliphatic heterocycles. The second-order valence-corrected chi connectivity index (χ2v) is 6.75. The number of aromatic nitrogens is 3. The van der Waals surface area contributed by atoms with Crippen molar-refractivity contribution < 1.29 is 4.74 Å². The molecule has 0 saturated heterocycles. The van der Waals surface area contributed by atoms with Crippen molar-refractivity contribution in [3.63, 3.8) is 0 Å². The van der Waals surface area contributed by atoms with Crippen LogP contribution in [0.1, 0.15) is 33.9 Å². The van der Waals surface area contributed by atoms with E-state index in [0.29, 0.717) is 13.2 Å². The second kappa shape index (κ2) is 7.78. The number of benzene rings is 2. The number of allylic oxidation sites excluding steroid dienone is 1. The standard InChI is InChI=1S/C22H23N5O/c1-15-25-26-22-14-28-13-20-19(10-16-6-4-3-5-7-16)18(17(11-23)12-24-2)8-9-21(20)27(15)22/h3-9,11-12H,10,13-14,23H2,1-2H3. The lowest BCUT2D eigenvalue weighted by molar-refractivity contribution is 0.104. The molecular weight excluding hydrogens is 350 g/mol. The van der Waals surface area contributed by atoms with Crippen LogP contribution in [-0.4, -0.2) is 28.0 Å². The Morgan fingerprint density at radius 1 is 1.18 bits per heavy atom. The first-order chi connectivity index (χ1) is 13.7. The molecule has 2 N–H and O–H groups in total. The first-order valence-corrected chi connectivity index (χ1v) is 9.25. The SMILES string of the molecule is CN=CC(=CN)c1ccc2c(c1Cc1ccccc1)COCc1nnc(C)n1-2. The van der Waals surface area contributed by atoms with Crippen LogP contribution in [0.4, 0.5) is 0 Å². The number of hydrogen-bond acceptors (Lipinski definition) is 5. The average molecular weight is 373 g/mol. The lowest BCUT2D eigenvalue weighted by Gasteiger charge is -2.19. The van der Waals surface area contributed by atoms with E-state index in [1.165, 1.54) is 11.1 Å². The van der Waals surface area contributed by atoms with Gasteiger partial charge in [0.2, 0.25) is 0 Å². The largest absolute Gasteiger partial charge is 0.404 e. The number of fused-ring (bicyclic) bond motifs is 3. The van der Waals surface area contributed by atoms with Crippen LogP contribution in [-0.2, 0) is 24.4 Å². The highest BCUT2D eigenvalue weighted by Crippen LogP contribution is 2.32. The average Bonchev–Trinajstić information content (AvgIpc) is 2.97. The molecule has 4 rings (SSSR count). The van der Waals surface area contributed by atoms with Gasteiger partial charge in [0.25, 0.3) is 0 Å². The van der Waals surface area contributed by atoms with Crippen molar-refractivity contribution in [3.8, 4) is 5.69 Å². The molecule has 2 heterocycles. The molecule has 0 atom stereocenters. The molecule has 6 heteroatoms. The van der Waals surface area contributed by atoms with Crippen molar-refractivity contribution >= 4 is 11.8 Å². The van der Waals surface area contributed by atoms with Crippen LogP contribution in [0, 0.1) is 6.92 Å². The van der Waals surface area contributed by atoms with Gasteiger partial charge in [-0.05, 0) is 36.1 Å². The van der Waals surface area contributed by atoms with Gasteiger partial charge in [-0.2, -0.15) is 0 Å². The Labute approximate surface area is 164 Å². The van der Waals surface area contributed by atoms with Crippen molar-refractivity contribution in [3.05, 3.63) is 82.6 Å². The number of nitrogens with zero attached hydrogens (tertiary/aromatic N) is 4. The van der Waals surface area contributed by atoms with E-state index in [-0.39, 0.29) is 0 Å². The summed E-state index contributed by atoms with van der Waals surface area (Å²) in [6.45, 7) is 2.91. The van der Waals surface area contributed by atoms with E-state index in [9.17, 15) is 0 Å². The van der Waals surface area contributed by atoms with E-state index in [1.54, 1.807) is 19.5 Å². The summed E-state index contributed by atoms with van der Waals surface area (Å²) in [5, 5.41) is 8.50. The molecule has 3 aromatic rings. The Morgan fingerprint density at radius 3 is 2.75 bits per heavy atom. The molecule has 142 valence electrons. The minimum atomic E-state index is 0.436. The molecule has 0 amide bonds. The summed E-state index contributed by atoms with van der Waals surface area (Å²) in [7, 11) is 1.75. The number of hydrogen-bond donors (Lipinski definition) is 1. The first-order valence-electron chi connectivity index (χ1n) is 9.25. The van der Waals surface area contributed by atoms with E-state index >= 15 is 0 Å². The van der Waals surface area contributed by atoms with E-state index in [1.807, 2.05) is 13.0 Å². The van der Waals surface area contributed by atoms with E-state index in [0.717, 1.165) is 40.5 Å². The minimum absolute atomic E-state index is 0.436. The summed E-state index contributed by atoms with van der Waals surface area (Å²) in [4.78, 5) is 4.17. The molecule has 1 aromatic heterocycles. The minimum Gasteiger partial charge on any atom is -0.404 e. The maximum Gasteiger partial charge on any atom is 0.163 e. The molecule has 0 aliphatic carbocycles. The zero-order valence-electron chi connectivity index (χ0n) is 16.1. The highest BCUT2D eigenvalue weighted by atomic mass is 16.5. The van der Waals surface area contributed by atoms with Gasteiger partial charge in [0, 0.05) is 30.6 Å². The molecule has 2 aromatic carbocycles. The Bertz CT molecular complexity index is 1050. The molecule has 0 radical (unpaired) electrons. The summed E-state index contributed by atoms with van der Waals surface area (Å²) in [6, 6.07) is 14.6. The van der Waals surface area contributed by atoms with Crippen molar-refractivity contribution in [1.29, 1.82) is 0 Å². The Hall–Kier alpha value is -3.25. The summed E-state index contributed by atoms with van der Waals surface area (Å²) >= 11 is 0. The van der Waals surface area contributed by atoms with Gasteiger partial charge in [-0.1, -0.05) is 36.4 Å². The zero-order chi connectivity index (χ0) is 19.5. The third-order valence-electron chi connectivity index (χ3n) is 5.00. The van der Waals surface area contributed by atoms with Crippen LogP contribution < -0.4 is 5.73 Å². The fourth-order valence-corrected chi connectivity index (χ4v) is 3.72. The molecule has 28 heavy (non-hydrogen) atoms. The van der Waals surface area contributed by atoms with Gasteiger partial charge < -0.3 is 10.5 Å². The van der Waals surface area contributed by atoms with Gasteiger partial charge >= 0.3 is 0 Å². The van der Waals surface area contributed by atoms with E-state index in [4.69, 9.17) is 10.5 Å². The highest BCUT2D eigenvalue weighted by molar-refractivity contribution is 6.10. The second-order valence-electron chi connectivity index (χ2n) is 6.75. The number of rotatable bonds is 4. The van der Waals surface area contributed by atoms with Gasteiger partial charge in [-0.15, -0.1) is 10.2 Å². The molecule has 1 aliphatic rings. The lowest BCUT2D eigenvalue weighted by atomic mass is 9.90. The van der Waals surface area contributed by atoms with Gasteiger partial charge in [0.1, 0.15) is 12.4 Å². The third kappa shape index (κ3) is 3.23. The molecule has 0 spiro atoms.